The predicted molar refractivity (Wildman–Crippen MR) is 133 cm³/mol. The summed E-state index contributed by atoms with van der Waals surface area (Å²) < 4.78 is 42.5. The fourth-order valence-corrected chi connectivity index (χ4v) is 5.91. The van der Waals surface area contributed by atoms with Crippen LogP contribution in [0.4, 0.5) is 10.1 Å². The van der Waals surface area contributed by atoms with Gasteiger partial charge in [-0.1, -0.05) is 20.8 Å². The first-order chi connectivity index (χ1) is 16.4. The largest absolute Gasteiger partial charge is 0.390 e. The topological polar surface area (TPSA) is 99.6 Å². The summed E-state index contributed by atoms with van der Waals surface area (Å²) in [4.78, 5) is 18.6. The minimum absolute atomic E-state index is 0.000356. The molecule has 0 saturated carbocycles. The number of aromatic nitrogens is 1. The molecule has 1 saturated heterocycles. The number of anilines is 1. The third-order valence-electron chi connectivity index (χ3n) is 6.19. The van der Waals surface area contributed by atoms with Gasteiger partial charge in [0.15, 0.2) is 0 Å². The minimum Gasteiger partial charge on any atom is -0.390 e. The summed E-state index contributed by atoms with van der Waals surface area (Å²) in [6.45, 7) is 7.20. The number of nitrogens with zero attached hydrogens (tertiary/aromatic N) is 2. The van der Waals surface area contributed by atoms with Crippen LogP contribution in [0.3, 0.4) is 0 Å². The van der Waals surface area contributed by atoms with Gasteiger partial charge in [0.2, 0.25) is 0 Å². The second kappa shape index (κ2) is 9.20. The zero-order valence-corrected chi connectivity index (χ0v) is 20.9. The van der Waals surface area contributed by atoms with Gasteiger partial charge in [-0.2, -0.15) is 0 Å². The number of likely N-dealkylation sites (tertiary alicyclic amines) is 1. The SMILES string of the molecule is CC(C)(C)CC1(O)CCN(C(=O)c2ccc(NS(=O)(=O)c3ccc(F)c4cccnc34)cc2)CC1. The number of nitrogens with one attached hydrogen (secondary N) is 1. The molecule has 7 nitrogen and oxygen atoms in total. The fraction of sp³-hybridized carbons (Fsp3) is 0.385. The summed E-state index contributed by atoms with van der Waals surface area (Å²) in [5.41, 5.74) is -0.0173. The summed E-state index contributed by atoms with van der Waals surface area (Å²) in [7, 11) is -4.04. The minimum atomic E-state index is -4.04. The normalized spacial score (nSPS) is 16.3. The number of carbonyl (C=O) groups is 1. The number of benzene rings is 2. The lowest BCUT2D eigenvalue weighted by atomic mass is 9.77. The van der Waals surface area contributed by atoms with Gasteiger partial charge in [-0.15, -0.1) is 0 Å². The molecule has 3 aromatic rings. The lowest BCUT2D eigenvalue weighted by molar-refractivity contribution is -0.0436. The van der Waals surface area contributed by atoms with Gasteiger partial charge < -0.3 is 10.0 Å². The highest BCUT2D eigenvalue weighted by Gasteiger charge is 2.37. The summed E-state index contributed by atoms with van der Waals surface area (Å²) >= 11 is 0. The Kier molecular flexibility index (Phi) is 6.59. The Morgan fingerprint density at radius 1 is 1.11 bits per heavy atom. The maximum absolute atomic E-state index is 14.1. The maximum Gasteiger partial charge on any atom is 0.264 e. The van der Waals surface area contributed by atoms with Gasteiger partial charge in [-0.25, -0.2) is 12.8 Å². The molecule has 0 radical (unpaired) electrons. The average molecular weight is 500 g/mol. The van der Waals surface area contributed by atoms with Crippen molar-refractivity contribution in [1.29, 1.82) is 0 Å². The zero-order valence-electron chi connectivity index (χ0n) is 20.1. The molecule has 0 atom stereocenters. The Morgan fingerprint density at radius 3 is 2.40 bits per heavy atom. The van der Waals surface area contributed by atoms with Crippen LogP contribution in [0, 0.1) is 11.2 Å². The number of halogens is 1. The molecule has 9 heteroatoms. The van der Waals surface area contributed by atoms with E-state index in [-0.39, 0.29) is 32.8 Å². The van der Waals surface area contributed by atoms with Crippen LogP contribution in [0.2, 0.25) is 0 Å². The molecule has 2 N–H and O–H groups in total. The number of amides is 1. The summed E-state index contributed by atoms with van der Waals surface area (Å²) in [6.07, 6.45) is 3.13. The zero-order chi connectivity index (χ0) is 25.4. The van der Waals surface area contributed by atoms with Crippen molar-refractivity contribution in [2.45, 2.75) is 50.5 Å². The highest BCUT2D eigenvalue weighted by Crippen LogP contribution is 2.35. The van der Waals surface area contributed by atoms with Crippen LogP contribution >= 0.6 is 0 Å². The van der Waals surface area contributed by atoms with Gasteiger partial charge >= 0.3 is 0 Å². The van der Waals surface area contributed by atoms with Crippen molar-refractivity contribution in [3.63, 3.8) is 0 Å². The van der Waals surface area contributed by atoms with Crippen LogP contribution in [0.25, 0.3) is 10.9 Å². The number of hydrogen-bond donors (Lipinski definition) is 2. The molecule has 0 bridgehead atoms. The standard InChI is InChI=1S/C26H30FN3O4S/c1-25(2,3)17-26(32)12-15-30(16-13-26)24(31)18-6-8-19(9-7-18)29-35(33,34)22-11-10-21(27)20-5-4-14-28-23(20)22/h4-11,14,29,32H,12-13,15-17H2,1-3H3. The number of carbonyl (C=O) groups excluding carboxylic acids is 1. The summed E-state index contributed by atoms with van der Waals surface area (Å²) in [5, 5.41) is 11.0. The van der Waals surface area contributed by atoms with Crippen molar-refractivity contribution < 1.29 is 22.7 Å². The van der Waals surface area contributed by atoms with Crippen molar-refractivity contribution >= 4 is 32.5 Å². The molecule has 1 aliphatic rings. The molecule has 2 aromatic carbocycles. The van der Waals surface area contributed by atoms with E-state index in [1.165, 1.54) is 30.5 Å². The molecular formula is C26H30FN3O4S. The Balaban J connectivity index is 1.45. The van der Waals surface area contributed by atoms with Crippen molar-refractivity contribution in [2.24, 2.45) is 5.41 Å². The summed E-state index contributed by atoms with van der Waals surface area (Å²) in [6, 6.07) is 11.5. The van der Waals surface area contributed by atoms with Crippen LogP contribution in [0.1, 0.15) is 50.4 Å². The van der Waals surface area contributed by atoms with Gasteiger partial charge in [0.05, 0.1) is 11.1 Å². The Morgan fingerprint density at radius 2 is 1.77 bits per heavy atom. The third-order valence-corrected chi connectivity index (χ3v) is 7.61. The first kappa shape index (κ1) is 25.1. The van der Waals surface area contributed by atoms with E-state index in [2.05, 4.69) is 30.5 Å². The second-order valence-electron chi connectivity index (χ2n) is 10.4. The van der Waals surface area contributed by atoms with Crippen LogP contribution in [-0.4, -0.2) is 48.0 Å². The Hall–Kier alpha value is -3.04. The van der Waals surface area contributed by atoms with Crippen LogP contribution in [0.15, 0.2) is 59.6 Å². The van der Waals surface area contributed by atoms with E-state index in [1.54, 1.807) is 23.1 Å². The van der Waals surface area contributed by atoms with Crippen molar-refractivity contribution in [3.05, 3.63) is 66.1 Å². The number of pyridine rings is 1. The number of fused-ring (bicyclic) bond motifs is 1. The van der Waals surface area contributed by atoms with Crippen molar-refractivity contribution in [2.75, 3.05) is 17.8 Å². The molecule has 0 spiro atoms. The number of aliphatic hydroxyl groups is 1. The highest BCUT2D eigenvalue weighted by molar-refractivity contribution is 7.93. The predicted octanol–water partition coefficient (Wildman–Crippen LogP) is 4.58. The lowest BCUT2D eigenvalue weighted by Crippen LogP contribution is -2.48. The van der Waals surface area contributed by atoms with Crippen LogP contribution in [-0.2, 0) is 10.0 Å². The second-order valence-corrected chi connectivity index (χ2v) is 12.0. The quantitative estimate of drug-likeness (QED) is 0.535. The van der Waals surface area contributed by atoms with Crippen LogP contribution in [0.5, 0.6) is 0 Å². The van der Waals surface area contributed by atoms with Gasteiger partial charge in [-0.05, 0) is 73.2 Å². The molecular weight excluding hydrogens is 469 g/mol. The monoisotopic (exact) mass is 499 g/mol. The number of rotatable bonds is 5. The maximum atomic E-state index is 14.1. The van der Waals surface area contributed by atoms with Crippen LogP contribution < -0.4 is 4.72 Å². The van der Waals surface area contributed by atoms with E-state index >= 15 is 0 Å². The van der Waals surface area contributed by atoms with E-state index in [0.29, 0.717) is 37.9 Å². The molecule has 1 aromatic heterocycles. The van der Waals surface area contributed by atoms with E-state index in [1.807, 2.05) is 0 Å². The molecule has 1 aliphatic heterocycles. The molecule has 0 aliphatic carbocycles. The molecule has 1 amide bonds. The van der Waals surface area contributed by atoms with E-state index in [0.717, 1.165) is 6.07 Å². The van der Waals surface area contributed by atoms with Crippen molar-refractivity contribution in [3.8, 4) is 0 Å². The van der Waals surface area contributed by atoms with E-state index in [4.69, 9.17) is 0 Å². The number of hydrogen-bond acceptors (Lipinski definition) is 5. The number of sulfonamides is 1. The average Bonchev–Trinajstić information content (AvgIpc) is 2.78. The van der Waals surface area contributed by atoms with Gasteiger partial charge in [-0.3, -0.25) is 14.5 Å². The molecule has 35 heavy (non-hydrogen) atoms. The van der Waals surface area contributed by atoms with Gasteiger partial charge in [0.25, 0.3) is 15.9 Å². The van der Waals surface area contributed by atoms with E-state index < -0.39 is 21.4 Å². The smallest absolute Gasteiger partial charge is 0.264 e. The molecule has 1 fully saturated rings. The van der Waals surface area contributed by atoms with Gasteiger partial charge in [0.1, 0.15) is 10.7 Å². The lowest BCUT2D eigenvalue weighted by Gasteiger charge is -2.41. The van der Waals surface area contributed by atoms with Gasteiger partial charge in [0, 0.05) is 35.9 Å². The Bertz CT molecular complexity index is 1340. The molecule has 0 unspecified atom stereocenters. The third kappa shape index (κ3) is 5.62. The van der Waals surface area contributed by atoms with E-state index in [9.17, 15) is 22.7 Å². The highest BCUT2D eigenvalue weighted by atomic mass is 32.2. The molecule has 4 rings (SSSR count). The molecule has 2 heterocycles. The first-order valence-electron chi connectivity index (χ1n) is 11.5. The Labute approximate surface area is 205 Å². The first-order valence-corrected chi connectivity index (χ1v) is 13.0. The fourth-order valence-electron chi connectivity index (χ4n) is 4.69. The summed E-state index contributed by atoms with van der Waals surface area (Å²) in [5.74, 6) is -0.713. The molecule has 186 valence electrons. The number of piperidine rings is 1. The van der Waals surface area contributed by atoms with Crippen molar-refractivity contribution in [1.82, 2.24) is 9.88 Å².